The number of aromatic nitrogens is 6. The summed E-state index contributed by atoms with van der Waals surface area (Å²) in [6.07, 6.45) is 4.91. The highest BCUT2D eigenvalue weighted by atomic mass is 35.5. The zero-order valence-corrected chi connectivity index (χ0v) is 14.6. The zero-order valence-electron chi connectivity index (χ0n) is 13.8. The molecule has 0 atom stereocenters. The van der Waals surface area contributed by atoms with Gasteiger partial charge in [0.2, 0.25) is 5.82 Å². The van der Waals surface area contributed by atoms with Crippen molar-refractivity contribution in [3.63, 3.8) is 0 Å². The Morgan fingerprint density at radius 3 is 2.96 bits per heavy atom. The van der Waals surface area contributed by atoms with Gasteiger partial charge in [0.05, 0.1) is 6.54 Å². The molecule has 9 heteroatoms. The van der Waals surface area contributed by atoms with Crippen LogP contribution in [0, 0.1) is 6.92 Å². The number of amides is 1. The van der Waals surface area contributed by atoms with Crippen LogP contribution in [0.5, 0.6) is 0 Å². The minimum atomic E-state index is -0.502. The summed E-state index contributed by atoms with van der Waals surface area (Å²) in [6.45, 7) is 2.58. The van der Waals surface area contributed by atoms with Gasteiger partial charge in [-0.15, -0.1) is 5.10 Å². The Balaban J connectivity index is 1.52. The molecule has 4 aromatic rings. The smallest absolute Gasteiger partial charge is 0.296 e. The molecule has 0 saturated heterocycles. The number of halogens is 1. The SMILES string of the molecule is Cc1cccc(Cn2cc(Cl)c(NC(=O)c3nc4ncccn4n3)n2)c1. The number of rotatable bonds is 4. The number of carbonyl (C=O) groups excluding carboxylic acids is 1. The number of hydrogen-bond donors (Lipinski definition) is 1. The average molecular weight is 368 g/mol. The molecule has 130 valence electrons. The van der Waals surface area contributed by atoms with E-state index in [1.54, 1.807) is 29.3 Å². The molecule has 3 aromatic heterocycles. The average Bonchev–Trinajstić information content (AvgIpc) is 3.18. The van der Waals surface area contributed by atoms with Gasteiger partial charge in [-0.05, 0) is 18.6 Å². The molecule has 1 amide bonds. The number of nitrogens with zero attached hydrogens (tertiary/aromatic N) is 6. The van der Waals surface area contributed by atoms with Crippen molar-refractivity contribution in [2.75, 3.05) is 5.32 Å². The first-order valence-corrected chi connectivity index (χ1v) is 8.23. The zero-order chi connectivity index (χ0) is 18.1. The van der Waals surface area contributed by atoms with E-state index in [4.69, 9.17) is 11.6 Å². The lowest BCUT2D eigenvalue weighted by atomic mass is 10.1. The fraction of sp³-hybridized carbons (Fsp3) is 0.118. The standard InChI is InChI=1S/C17H14ClN7O/c1-11-4-2-5-12(8-11)9-24-10-13(18)14(22-24)20-16(26)15-21-17-19-6-3-7-25(17)23-15/h2-8,10H,9H2,1H3,(H,20,22,26). The second kappa shape index (κ2) is 6.57. The number of anilines is 1. The lowest BCUT2D eigenvalue weighted by molar-refractivity contribution is 0.101. The summed E-state index contributed by atoms with van der Waals surface area (Å²) in [7, 11) is 0. The molecule has 3 heterocycles. The number of nitrogens with one attached hydrogen (secondary N) is 1. The van der Waals surface area contributed by atoms with Gasteiger partial charge in [-0.2, -0.15) is 10.1 Å². The molecule has 0 unspecified atom stereocenters. The third-order valence-corrected chi connectivity index (χ3v) is 3.97. The summed E-state index contributed by atoms with van der Waals surface area (Å²) in [5.41, 5.74) is 2.26. The Morgan fingerprint density at radius 2 is 2.15 bits per heavy atom. The topological polar surface area (TPSA) is 90.0 Å². The van der Waals surface area contributed by atoms with Gasteiger partial charge in [-0.25, -0.2) is 9.50 Å². The predicted molar refractivity (Wildman–Crippen MR) is 96.3 cm³/mol. The maximum absolute atomic E-state index is 12.4. The van der Waals surface area contributed by atoms with Crippen LogP contribution in [0.25, 0.3) is 5.78 Å². The van der Waals surface area contributed by atoms with Gasteiger partial charge in [0.15, 0.2) is 5.82 Å². The molecule has 0 aliphatic heterocycles. The largest absolute Gasteiger partial charge is 0.301 e. The molecule has 4 rings (SSSR count). The highest BCUT2D eigenvalue weighted by Crippen LogP contribution is 2.20. The Kier molecular flexibility index (Phi) is 4.10. The maximum Gasteiger partial charge on any atom is 0.296 e. The van der Waals surface area contributed by atoms with Gasteiger partial charge in [-0.3, -0.25) is 9.48 Å². The molecule has 0 spiro atoms. The summed E-state index contributed by atoms with van der Waals surface area (Å²) in [5, 5.41) is 11.4. The molecule has 0 aliphatic carbocycles. The fourth-order valence-corrected chi connectivity index (χ4v) is 2.75. The number of aryl methyl sites for hydroxylation is 1. The van der Waals surface area contributed by atoms with Crippen molar-refractivity contribution in [2.45, 2.75) is 13.5 Å². The van der Waals surface area contributed by atoms with E-state index in [1.165, 1.54) is 10.1 Å². The van der Waals surface area contributed by atoms with Crippen LogP contribution < -0.4 is 5.32 Å². The van der Waals surface area contributed by atoms with Crippen LogP contribution in [0.1, 0.15) is 21.7 Å². The van der Waals surface area contributed by atoms with Crippen molar-refractivity contribution >= 4 is 29.1 Å². The number of benzene rings is 1. The molecule has 8 nitrogen and oxygen atoms in total. The Morgan fingerprint density at radius 1 is 1.27 bits per heavy atom. The quantitative estimate of drug-likeness (QED) is 0.598. The molecule has 0 radical (unpaired) electrons. The van der Waals surface area contributed by atoms with Crippen LogP contribution in [0.4, 0.5) is 5.82 Å². The maximum atomic E-state index is 12.4. The van der Waals surface area contributed by atoms with Crippen LogP contribution in [-0.2, 0) is 6.54 Å². The molecular weight excluding hydrogens is 354 g/mol. The van der Waals surface area contributed by atoms with E-state index in [1.807, 2.05) is 25.1 Å². The van der Waals surface area contributed by atoms with Crippen molar-refractivity contribution in [1.82, 2.24) is 29.4 Å². The van der Waals surface area contributed by atoms with Gasteiger partial charge in [0, 0.05) is 18.6 Å². The minimum Gasteiger partial charge on any atom is -0.301 e. The number of fused-ring (bicyclic) bond motifs is 1. The van der Waals surface area contributed by atoms with Crippen molar-refractivity contribution in [2.24, 2.45) is 0 Å². The molecule has 26 heavy (non-hydrogen) atoms. The van der Waals surface area contributed by atoms with Gasteiger partial charge in [0.25, 0.3) is 11.7 Å². The highest BCUT2D eigenvalue weighted by Gasteiger charge is 2.17. The van der Waals surface area contributed by atoms with E-state index in [2.05, 4.69) is 31.5 Å². The van der Waals surface area contributed by atoms with E-state index >= 15 is 0 Å². The van der Waals surface area contributed by atoms with Crippen LogP contribution in [0.2, 0.25) is 5.02 Å². The van der Waals surface area contributed by atoms with Crippen molar-refractivity contribution in [1.29, 1.82) is 0 Å². The molecule has 0 fully saturated rings. The molecule has 1 aromatic carbocycles. The number of hydrogen-bond acceptors (Lipinski definition) is 5. The van der Waals surface area contributed by atoms with Gasteiger partial charge < -0.3 is 5.32 Å². The van der Waals surface area contributed by atoms with E-state index < -0.39 is 5.91 Å². The van der Waals surface area contributed by atoms with Crippen molar-refractivity contribution in [3.8, 4) is 0 Å². The summed E-state index contributed by atoms with van der Waals surface area (Å²) in [4.78, 5) is 20.5. The van der Waals surface area contributed by atoms with Crippen molar-refractivity contribution < 1.29 is 4.79 Å². The number of carbonyl (C=O) groups is 1. The highest BCUT2D eigenvalue weighted by molar-refractivity contribution is 6.33. The summed E-state index contributed by atoms with van der Waals surface area (Å²) in [6, 6.07) is 9.80. The van der Waals surface area contributed by atoms with Crippen LogP contribution in [0.3, 0.4) is 0 Å². The first kappa shape index (κ1) is 16.2. The lowest BCUT2D eigenvalue weighted by Crippen LogP contribution is -2.15. The molecule has 0 saturated carbocycles. The van der Waals surface area contributed by atoms with E-state index in [0.29, 0.717) is 17.3 Å². The van der Waals surface area contributed by atoms with E-state index in [9.17, 15) is 4.79 Å². The van der Waals surface area contributed by atoms with Crippen molar-refractivity contribution in [3.05, 3.63) is 70.9 Å². The normalized spacial score (nSPS) is 11.0. The second-order valence-corrected chi connectivity index (χ2v) is 6.17. The Hall–Kier alpha value is -3.26. The third-order valence-electron chi connectivity index (χ3n) is 3.70. The van der Waals surface area contributed by atoms with E-state index in [0.717, 1.165) is 5.56 Å². The van der Waals surface area contributed by atoms with Crippen LogP contribution in [0.15, 0.2) is 48.9 Å². The first-order valence-electron chi connectivity index (χ1n) is 7.86. The predicted octanol–water partition coefficient (Wildman–Crippen LogP) is 2.58. The van der Waals surface area contributed by atoms with Gasteiger partial charge >= 0.3 is 0 Å². The summed E-state index contributed by atoms with van der Waals surface area (Å²) in [5.74, 6) is 0.0936. The molecule has 0 bridgehead atoms. The first-order chi connectivity index (χ1) is 12.6. The lowest BCUT2D eigenvalue weighted by Gasteiger charge is -2.03. The second-order valence-electron chi connectivity index (χ2n) is 5.77. The Bertz CT molecular complexity index is 1070. The minimum absolute atomic E-state index is 0.00648. The Labute approximate surface area is 153 Å². The molecular formula is C17H14ClN7O. The van der Waals surface area contributed by atoms with Crippen LogP contribution >= 0.6 is 11.6 Å². The summed E-state index contributed by atoms with van der Waals surface area (Å²) < 4.78 is 3.10. The fourth-order valence-electron chi connectivity index (χ4n) is 2.55. The monoisotopic (exact) mass is 367 g/mol. The summed E-state index contributed by atoms with van der Waals surface area (Å²) >= 11 is 6.20. The molecule has 1 N–H and O–H groups in total. The third kappa shape index (κ3) is 3.27. The molecule has 0 aliphatic rings. The van der Waals surface area contributed by atoms with Gasteiger partial charge in [-0.1, -0.05) is 41.4 Å². The van der Waals surface area contributed by atoms with Gasteiger partial charge in [0.1, 0.15) is 5.02 Å². The van der Waals surface area contributed by atoms with E-state index in [-0.39, 0.29) is 11.6 Å². The van der Waals surface area contributed by atoms with Crippen LogP contribution in [-0.4, -0.2) is 35.3 Å².